The van der Waals surface area contributed by atoms with Crippen LogP contribution in [0.15, 0.2) is 64.3 Å². The fraction of sp³-hybridized carbons (Fsp3) is 0.423. The number of hydrogen-bond acceptors (Lipinski definition) is 9. The molecule has 220 valence electrons. The number of aromatic nitrogens is 2. The van der Waals surface area contributed by atoms with E-state index >= 15 is 8.78 Å². The zero-order chi connectivity index (χ0) is 30.0. The number of halogens is 2. The summed E-state index contributed by atoms with van der Waals surface area (Å²) in [4.78, 5) is 38.0. The van der Waals surface area contributed by atoms with Crippen LogP contribution in [0.5, 0.6) is 5.75 Å². The van der Waals surface area contributed by atoms with Crippen molar-refractivity contribution in [2.75, 3.05) is 0 Å². The lowest BCUT2D eigenvalue weighted by Crippen LogP contribution is -2.48. The molecule has 3 aromatic rings. The molecule has 0 amide bonds. The predicted octanol–water partition coefficient (Wildman–Crippen LogP) is 2.86. The molecular formula is C26H28F2N3O9P. The number of carbonyl (C=O) groups is 1. The highest BCUT2D eigenvalue weighted by atomic mass is 31.2. The van der Waals surface area contributed by atoms with Gasteiger partial charge in [0, 0.05) is 17.6 Å². The van der Waals surface area contributed by atoms with Crippen LogP contribution in [0.1, 0.15) is 33.9 Å². The van der Waals surface area contributed by atoms with E-state index in [1.165, 1.54) is 13.0 Å². The summed E-state index contributed by atoms with van der Waals surface area (Å²) < 4.78 is 68.3. The van der Waals surface area contributed by atoms with Crippen molar-refractivity contribution >= 4 is 24.5 Å². The van der Waals surface area contributed by atoms with Gasteiger partial charge in [0.15, 0.2) is 23.6 Å². The third kappa shape index (κ3) is 4.69. The maximum Gasteiger partial charge on any atom is 0.460 e. The molecule has 5 rings (SSSR count). The second-order valence-corrected chi connectivity index (χ2v) is 12.0. The molecule has 1 aromatic heterocycles. The highest BCUT2D eigenvalue weighted by molar-refractivity contribution is 7.52. The number of ether oxygens (including phenoxy) is 2. The predicted molar refractivity (Wildman–Crippen MR) is 141 cm³/mol. The summed E-state index contributed by atoms with van der Waals surface area (Å²) in [6.07, 6.45) is -3.87. The van der Waals surface area contributed by atoms with Crippen molar-refractivity contribution < 1.29 is 41.8 Å². The fourth-order valence-electron chi connectivity index (χ4n) is 4.89. The Kier molecular flexibility index (Phi) is 6.98. The molecule has 2 fully saturated rings. The summed E-state index contributed by atoms with van der Waals surface area (Å²) in [5.41, 5.74) is -8.00. The van der Waals surface area contributed by atoms with Crippen LogP contribution in [0, 0.1) is 0 Å². The van der Waals surface area contributed by atoms with Crippen LogP contribution in [0.3, 0.4) is 0 Å². The van der Waals surface area contributed by atoms with E-state index in [0.717, 1.165) is 19.2 Å². The van der Waals surface area contributed by atoms with E-state index in [-0.39, 0.29) is 5.75 Å². The van der Waals surface area contributed by atoms with E-state index in [1.807, 2.05) is 4.98 Å². The van der Waals surface area contributed by atoms with Crippen molar-refractivity contribution in [3.05, 3.63) is 75.6 Å². The number of H-pyrrole nitrogens is 1. The first-order valence-corrected chi connectivity index (χ1v) is 14.2. The highest BCUT2D eigenvalue weighted by Crippen LogP contribution is 2.73. The van der Waals surface area contributed by atoms with Gasteiger partial charge in [-0.3, -0.25) is 23.7 Å². The summed E-state index contributed by atoms with van der Waals surface area (Å²) in [6, 6.07) is 11.3. The zero-order valence-corrected chi connectivity index (χ0v) is 23.3. The SMILES string of the molecule is CC(C)OC(=O)C(C)NP(=O)(Oc1cccc2ccccc12)OC1[C@]2(O)[C@@](C)(F)[C@H](n3ccc(=O)[nH]c3=O)O[C@]12F. The van der Waals surface area contributed by atoms with Gasteiger partial charge in [0.1, 0.15) is 11.8 Å². The number of esters is 1. The van der Waals surface area contributed by atoms with Gasteiger partial charge in [-0.05, 0) is 39.1 Å². The Balaban J connectivity index is 1.48. The monoisotopic (exact) mass is 595 g/mol. The third-order valence-electron chi connectivity index (χ3n) is 7.02. The minimum absolute atomic E-state index is 0.0238. The van der Waals surface area contributed by atoms with Crippen molar-refractivity contribution in [2.45, 2.75) is 69.3 Å². The first kappa shape index (κ1) is 29.1. The molecule has 12 nitrogen and oxygen atoms in total. The van der Waals surface area contributed by atoms with Gasteiger partial charge in [-0.25, -0.2) is 18.1 Å². The number of aromatic amines is 1. The minimum Gasteiger partial charge on any atom is -0.462 e. The lowest BCUT2D eigenvalue weighted by atomic mass is 9.97. The van der Waals surface area contributed by atoms with E-state index < -0.39 is 66.6 Å². The minimum atomic E-state index is -4.81. The van der Waals surface area contributed by atoms with Crippen molar-refractivity contribution in [3.8, 4) is 5.75 Å². The number of nitrogens with one attached hydrogen (secondary N) is 2. The van der Waals surface area contributed by atoms with Crippen LogP contribution in [0.2, 0.25) is 0 Å². The molecule has 1 aliphatic carbocycles. The molecule has 2 heterocycles. The summed E-state index contributed by atoms with van der Waals surface area (Å²) in [6.45, 7) is 5.27. The molecule has 0 radical (unpaired) electrons. The van der Waals surface area contributed by atoms with Crippen LogP contribution in [0.4, 0.5) is 8.78 Å². The zero-order valence-electron chi connectivity index (χ0n) is 22.4. The molecule has 2 aliphatic rings. The molecule has 1 saturated heterocycles. The summed E-state index contributed by atoms with van der Waals surface area (Å²) in [7, 11) is -4.81. The number of nitrogens with zero attached hydrogens (tertiary/aromatic N) is 1. The molecule has 41 heavy (non-hydrogen) atoms. The van der Waals surface area contributed by atoms with Gasteiger partial charge in [-0.1, -0.05) is 36.4 Å². The first-order valence-electron chi connectivity index (χ1n) is 12.7. The number of benzene rings is 2. The Morgan fingerprint density at radius 3 is 2.46 bits per heavy atom. The average molecular weight is 595 g/mol. The molecular weight excluding hydrogens is 567 g/mol. The van der Waals surface area contributed by atoms with E-state index in [9.17, 15) is 24.1 Å². The first-order chi connectivity index (χ1) is 19.1. The molecule has 2 aromatic carbocycles. The van der Waals surface area contributed by atoms with Crippen LogP contribution in [-0.2, 0) is 23.4 Å². The second-order valence-electron chi connectivity index (χ2n) is 10.4. The molecule has 3 N–H and O–H groups in total. The average Bonchev–Trinajstić information content (AvgIpc) is 3.29. The van der Waals surface area contributed by atoms with Gasteiger partial charge in [0.05, 0.1) is 6.10 Å². The van der Waals surface area contributed by atoms with E-state index in [4.69, 9.17) is 18.5 Å². The number of rotatable bonds is 9. The lowest BCUT2D eigenvalue weighted by molar-refractivity contribution is -0.159. The molecule has 1 saturated carbocycles. The molecule has 0 bridgehead atoms. The summed E-state index contributed by atoms with van der Waals surface area (Å²) >= 11 is 0. The number of carbonyl (C=O) groups excluding carboxylic acids is 1. The van der Waals surface area contributed by atoms with Gasteiger partial charge >= 0.3 is 19.4 Å². The highest BCUT2D eigenvalue weighted by Gasteiger charge is 2.96. The van der Waals surface area contributed by atoms with Crippen molar-refractivity contribution in [1.82, 2.24) is 14.6 Å². The van der Waals surface area contributed by atoms with Crippen molar-refractivity contribution in [2.24, 2.45) is 0 Å². The van der Waals surface area contributed by atoms with Crippen LogP contribution in [0.25, 0.3) is 10.8 Å². The maximum absolute atomic E-state index is 16.1. The Bertz CT molecular complexity index is 1670. The van der Waals surface area contributed by atoms with Crippen LogP contribution < -0.4 is 20.9 Å². The van der Waals surface area contributed by atoms with Gasteiger partial charge < -0.3 is 19.1 Å². The molecule has 1 aliphatic heterocycles. The smallest absolute Gasteiger partial charge is 0.460 e. The Labute approximate surface area is 231 Å². The molecule has 15 heteroatoms. The van der Waals surface area contributed by atoms with Crippen LogP contribution >= 0.6 is 7.75 Å². The lowest BCUT2D eigenvalue weighted by Gasteiger charge is -2.31. The molecule has 0 spiro atoms. The van der Waals surface area contributed by atoms with Gasteiger partial charge in [0.25, 0.3) is 11.4 Å². The number of aliphatic hydroxyl groups is 1. The fourth-order valence-corrected chi connectivity index (χ4v) is 6.61. The largest absolute Gasteiger partial charge is 0.462 e. The van der Waals surface area contributed by atoms with E-state index in [0.29, 0.717) is 15.3 Å². The Morgan fingerprint density at radius 1 is 1.15 bits per heavy atom. The number of alkyl halides is 2. The molecule has 3 unspecified atom stereocenters. The number of fused-ring (bicyclic) bond motifs is 2. The summed E-state index contributed by atoms with van der Waals surface area (Å²) in [5, 5.41) is 14.7. The van der Waals surface area contributed by atoms with E-state index in [1.54, 1.807) is 50.2 Å². The van der Waals surface area contributed by atoms with Crippen molar-refractivity contribution in [1.29, 1.82) is 0 Å². The quantitative estimate of drug-likeness (QED) is 0.248. The van der Waals surface area contributed by atoms with E-state index in [2.05, 4.69) is 5.09 Å². The summed E-state index contributed by atoms with van der Waals surface area (Å²) in [5.74, 6) is -4.10. The van der Waals surface area contributed by atoms with Gasteiger partial charge in [-0.2, -0.15) is 5.09 Å². The van der Waals surface area contributed by atoms with Crippen molar-refractivity contribution in [3.63, 3.8) is 0 Å². The number of hydrogen-bond donors (Lipinski definition) is 3. The normalized spacial score (nSPS) is 30.9. The van der Waals surface area contributed by atoms with Crippen LogP contribution in [-0.4, -0.2) is 56.0 Å². The Morgan fingerprint density at radius 2 is 1.83 bits per heavy atom. The topological polar surface area (TPSA) is 158 Å². The molecule has 7 atom stereocenters. The third-order valence-corrected chi connectivity index (χ3v) is 8.65. The van der Waals surface area contributed by atoms with Gasteiger partial charge in [-0.15, -0.1) is 0 Å². The van der Waals surface area contributed by atoms with Gasteiger partial charge in [0.2, 0.25) is 0 Å². The second kappa shape index (κ2) is 9.85. The standard InChI is InChI=1S/C26H28F2N3O9P/c1-14(2)37-20(33)15(3)30-41(36,39-18-11-7-9-16-8-5-6-10-17(16)18)40-21-25(35)24(4,27)22(38-26(21,25)28)31-13-12-19(32)29-23(31)34/h5-15,21-22,35H,1-4H3,(H,30,36)(H,29,32,34)/t15?,21?,22-,24+,25+,26-,41?/m1/s1. The Hall–Kier alpha value is -3.42. The maximum atomic E-state index is 16.1.